The molecule has 2 aliphatic heterocycles. The average Bonchev–Trinajstić information content (AvgIpc) is 3.13. The lowest BCUT2D eigenvalue weighted by molar-refractivity contribution is -0.132. The Morgan fingerprint density at radius 3 is 1.95 bits per heavy atom. The molecule has 5 rings (SSSR count). The molecule has 2 aliphatic rings. The molecule has 0 fully saturated rings. The van der Waals surface area contributed by atoms with Gasteiger partial charge in [-0.2, -0.15) is 0 Å². The molecule has 2 heterocycles. The highest BCUT2D eigenvalue weighted by atomic mass is 19.2. The normalized spacial score (nSPS) is 13.9. The minimum Gasteiger partial charge on any atom is -0.456 e. The van der Waals surface area contributed by atoms with Crippen LogP contribution in [-0.4, -0.2) is 17.9 Å². The minimum atomic E-state index is -2.25. The number of esters is 3. The number of fused-ring (bicyclic) bond motifs is 6. The van der Waals surface area contributed by atoms with Crippen LogP contribution in [0.5, 0.6) is 23.0 Å². The fourth-order valence-electron chi connectivity index (χ4n) is 4.40. The fraction of sp³-hybridized carbons (Fsp3) is 0.125. The maximum absolute atomic E-state index is 15.8. The van der Waals surface area contributed by atoms with Gasteiger partial charge in [0.15, 0.2) is 17.2 Å². The summed E-state index contributed by atoms with van der Waals surface area (Å²) in [7, 11) is 0. The molecule has 0 amide bonds. The summed E-state index contributed by atoms with van der Waals surface area (Å²) in [6.07, 6.45) is 0. The lowest BCUT2D eigenvalue weighted by atomic mass is 9.77. The van der Waals surface area contributed by atoms with Crippen molar-refractivity contribution in [3.05, 3.63) is 86.5 Å². The van der Waals surface area contributed by atoms with Gasteiger partial charge in [0.05, 0.1) is 5.56 Å². The second-order valence-corrected chi connectivity index (χ2v) is 7.91. The highest BCUT2D eigenvalue weighted by Gasteiger charge is 2.57. The first kappa shape index (κ1) is 23.7. The van der Waals surface area contributed by atoms with Crippen molar-refractivity contribution in [2.45, 2.75) is 19.4 Å². The molecule has 10 nitrogen and oxygen atoms in total. The number of carbonyl (C=O) groups is 3. The summed E-state index contributed by atoms with van der Waals surface area (Å²) in [6.45, 7) is 2.31. The van der Waals surface area contributed by atoms with Crippen LogP contribution in [0.4, 0.5) is 18.9 Å². The second-order valence-electron chi connectivity index (χ2n) is 7.91. The highest BCUT2D eigenvalue weighted by Crippen LogP contribution is 2.59. The second kappa shape index (κ2) is 8.28. The maximum Gasteiger partial charge on any atom is 0.343 e. The predicted molar refractivity (Wildman–Crippen MR) is 116 cm³/mol. The average molecular weight is 511 g/mol. The minimum absolute atomic E-state index is 0.00562. The fourth-order valence-corrected chi connectivity index (χ4v) is 4.40. The van der Waals surface area contributed by atoms with Gasteiger partial charge in [0.25, 0.3) is 0 Å². The Morgan fingerprint density at radius 1 is 0.919 bits per heavy atom. The standard InChI is InChI=1S/C24H12F3N3O7/c1-9(31)34-11-3-5-13-15(7-11)36-16-8-12(35-10(2)32)4-6-14(16)24(13)18-17(23(33)37-24)19(25)21(27)22(20(18)26)29-30-28/h3-8H,1-2H3. The summed E-state index contributed by atoms with van der Waals surface area (Å²) >= 11 is 0. The summed E-state index contributed by atoms with van der Waals surface area (Å²) in [5.41, 5.74) is 3.34. The van der Waals surface area contributed by atoms with Gasteiger partial charge in [-0.3, -0.25) is 9.59 Å². The topological polar surface area (TPSA) is 137 Å². The van der Waals surface area contributed by atoms with Gasteiger partial charge >= 0.3 is 17.9 Å². The number of halogens is 3. The molecular formula is C24H12F3N3O7. The Bertz CT molecular complexity index is 1550. The molecule has 0 N–H and O–H groups in total. The summed E-state index contributed by atoms with van der Waals surface area (Å²) in [6, 6.07) is 7.62. The SMILES string of the molecule is CC(=O)Oc1ccc2c(c1)Oc1cc(OC(C)=O)ccc1C21OC(=O)c2c(F)c(F)c(N=[N+]=[N-])c(F)c21. The van der Waals surface area contributed by atoms with Crippen molar-refractivity contribution < 1.29 is 46.5 Å². The zero-order chi connectivity index (χ0) is 26.6. The van der Waals surface area contributed by atoms with Crippen molar-refractivity contribution in [1.29, 1.82) is 0 Å². The number of nitrogens with zero attached hydrogens (tertiary/aromatic N) is 3. The molecule has 0 saturated heterocycles. The molecular weight excluding hydrogens is 499 g/mol. The zero-order valence-electron chi connectivity index (χ0n) is 18.8. The summed E-state index contributed by atoms with van der Waals surface area (Å²) in [4.78, 5) is 38.1. The van der Waals surface area contributed by atoms with Gasteiger partial charge in [0, 0.05) is 42.0 Å². The van der Waals surface area contributed by atoms with Crippen LogP contribution in [0.25, 0.3) is 10.4 Å². The van der Waals surface area contributed by atoms with Crippen LogP contribution in [0.15, 0.2) is 41.5 Å². The number of hydrogen-bond donors (Lipinski definition) is 0. The van der Waals surface area contributed by atoms with Gasteiger partial charge in [-0.1, -0.05) is 5.11 Å². The third kappa shape index (κ3) is 3.44. The molecule has 0 unspecified atom stereocenters. The van der Waals surface area contributed by atoms with E-state index in [-0.39, 0.29) is 34.1 Å². The zero-order valence-corrected chi connectivity index (χ0v) is 18.8. The summed E-state index contributed by atoms with van der Waals surface area (Å²) in [5, 5.41) is 2.93. The predicted octanol–water partition coefficient (Wildman–Crippen LogP) is 5.46. The molecule has 186 valence electrons. The number of carbonyl (C=O) groups excluding carboxylic acids is 3. The number of rotatable bonds is 3. The van der Waals surface area contributed by atoms with E-state index in [1.54, 1.807) is 0 Å². The number of hydrogen-bond acceptors (Lipinski definition) is 8. The highest BCUT2D eigenvalue weighted by molar-refractivity contribution is 5.98. The third-order valence-corrected chi connectivity index (χ3v) is 5.65. The van der Waals surface area contributed by atoms with Crippen LogP contribution in [0, 0.1) is 17.5 Å². The first-order valence-electron chi connectivity index (χ1n) is 10.4. The van der Waals surface area contributed by atoms with E-state index in [2.05, 4.69) is 10.0 Å². The summed E-state index contributed by atoms with van der Waals surface area (Å²) < 4.78 is 67.0. The molecule has 3 aromatic rings. The van der Waals surface area contributed by atoms with Crippen LogP contribution < -0.4 is 14.2 Å². The Hall–Kier alpha value is -5.03. The van der Waals surface area contributed by atoms with Crippen LogP contribution in [-0.2, 0) is 19.9 Å². The van der Waals surface area contributed by atoms with E-state index >= 15 is 8.78 Å². The molecule has 0 bridgehead atoms. The molecule has 0 aliphatic carbocycles. The molecule has 0 atom stereocenters. The summed E-state index contributed by atoms with van der Waals surface area (Å²) in [5.74, 6) is -8.12. The lowest BCUT2D eigenvalue weighted by Crippen LogP contribution is -2.34. The van der Waals surface area contributed by atoms with E-state index in [1.165, 1.54) is 36.4 Å². The van der Waals surface area contributed by atoms with Gasteiger partial charge in [-0.05, 0) is 29.8 Å². The van der Waals surface area contributed by atoms with Gasteiger partial charge in [0.1, 0.15) is 40.1 Å². The molecule has 0 radical (unpaired) electrons. The van der Waals surface area contributed by atoms with E-state index in [1.807, 2.05) is 0 Å². The molecule has 0 aromatic heterocycles. The van der Waals surface area contributed by atoms with E-state index in [9.17, 15) is 18.8 Å². The number of benzene rings is 3. The number of azide groups is 1. The van der Waals surface area contributed by atoms with Crippen LogP contribution in [0.1, 0.15) is 40.9 Å². The van der Waals surface area contributed by atoms with Crippen LogP contribution in [0.3, 0.4) is 0 Å². The van der Waals surface area contributed by atoms with E-state index < -0.39 is 57.8 Å². The molecule has 13 heteroatoms. The first-order valence-corrected chi connectivity index (χ1v) is 10.4. The number of ether oxygens (including phenoxy) is 4. The molecule has 37 heavy (non-hydrogen) atoms. The quantitative estimate of drug-likeness (QED) is 0.114. The largest absolute Gasteiger partial charge is 0.456 e. The van der Waals surface area contributed by atoms with Crippen molar-refractivity contribution in [1.82, 2.24) is 0 Å². The smallest absolute Gasteiger partial charge is 0.343 e. The molecule has 0 saturated carbocycles. The van der Waals surface area contributed by atoms with E-state index in [0.29, 0.717) is 0 Å². The van der Waals surface area contributed by atoms with Crippen LogP contribution >= 0.6 is 0 Å². The van der Waals surface area contributed by atoms with Crippen molar-refractivity contribution in [2.75, 3.05) is 0 Å². The third-order valence-electron chi connectivity index (χ3n) is 5.65. The van der Waals surface area contributed by atoms with Gasteiger partial charge in [-0.15, -0.1) is 0 Å². The van der Waals surface area contributed by atoms with E-state index in [0.717, 1.165) is 13.8 Å². The lowest BCUT2D eigenvalue weighted by Gasteiger charge is -2.36. The van der Waals surface area contributed by atoms with Gasteiger partial charge in [-0.25, -0.2) is 18.0 Å². The monoisotopic (exact) mass is 511 g/mol. The van der Waals surface area contributed by atoms with Crippen molar-refractivity contribution in [2.24, 2.45) is 5.11 Å². The van der Waals surface area contributed by atoms with Gasteiger partial charge in [0.2, 0.25) is 0 Å². The molecule has 1 spiro atoms. The first-order chi connectivity index (χ1) is 17.6. The van der Waals surface area contributed by atoms with Crippen molar-refractivity contribution in [3.8, 4) is 23.0 Å². The van der Waals surface area contributed by atoms with Gasteiger partial charge < -0.3 is 18.9 Å². The van der Waals surface area contributed by atoms with E-state index in [4.69, 9.17) is 24.5 Å². The Morgan fingerprint density at radius 2 is 1.46 bits per heavy atom. The Balaban J connectivity index is 1.88. The molecule has 3 aromatic carbocycles. The van der Waals surface area contributed by atoms with Crippen LogP contribution in [0.2, 0.25) is 0 Å². The Kier molecular flexibility index (Phi) is 5.30. The Labute approximate surface area is 204 Å². The maximum atomic E-state index is 15.8. The van der Waals surface area contributed by atoms with Crippen molar-refractivity contribution >= 4 is 23.6 Å². The van der Waals surface area contributed by atoms with Crippen molar-refractivity contribution in [3.63, 3.8) is 0 Å².